The van der Waals surface area contributed by atoms with Crippen LogP contribution in [0.2, 0.25) is 0 Å². The van der Waals surface area contributed by atoms with Gasteiger partial charge < -0.3 is 14.8 Å². The van der Waals surface area contributed by atoms with E-state index in [2.05, 4.69) is 5.32 Å². The van der Waals surface area contributed by atoms with Gasteiger partial charge in [-0.25, -0.2) is 8.42 Å². The van der Waals surface area contributed by atoms with E-state index in [4.69, 9.17) is 9.47 Å². The predicted octanol–water partition coefficient (Wildman–Crippen LogP) is 3.44. The molecule has 2 rings (SSSR count). The molecule has 0 heterocycles. The number of aryl methyl sites for hydroxylation is 2. The van der Waals surface area contributed by atoms with Crippen LogP contribution < -0.4 is 19.1 Å². The third kappa shape index (κ3) is 7.79. The van der Waals surface area contributed by atoms with Crippen LogP contribution in [0.1, 0.15) is 30.9 Å². The molecule has 2 aromatic carbocycles. The number of amides is 1. The summed E-state index contributed by atoms with van der Waals surface area (Å²) >= 11 is 0. The van der Waals surface area contributed by atoms with E-state index in [0.717, 1.165) is 23.1 Å². The maximum Gasteiger partial charge on any atom is 0.232 e. The third-order valence-corrected chi connectivity index (χ3v) is 5.80. The Morgan fingerprint density at radius 3 is 2.52 bits per heavy atom. The van der Waals surface area contributed by atoms with Crippen LogP contribution in [-0.2, 0) is 14.8 Å². The number of rotatable bonds is 12. The van der Waals surface area contributed by atoms with Gasteiger partial charge in [0.15, 0.2) is 0 Å². The Labute approximate surface area is 185 Å². The highest BCUT2D eigenvalue weighted by Gasteiger charge is 2.21. The Hall–Kier alpha value is -2.74. The minimum atomic E-state index is -3.51. The Bertz CT molecular complexity index is 976. The molecule has 0 aromatic heterocycles. The molecule has 1 N–H and O–H groups in total. The van der Waals surface area contributed by atoms with Crippen molar-refractivity contribution < 1.29 is 22.7 Å². The van der Waals surface area contributed by atoms with Crippen LogP contribution in [0.5, 0.6) is 11.5 Å². The zero-order valence-corrected chi connectivity index (χ0v) is 19.5. The van der Waals surface area contributed by atoms with E-state index >= 15 is 0 Å². The van der Waals surface area contributed by atoms with Gasteiger partial charge in [-0.15, -0.1) is 0 Å². The maximum absolute atomic E-state index is 12.3. The van der Waals surface area contributed by atoms with Gasteiger partial charge >= 0.3 is 0 Å². The minimum absolute atomic E-state index is 0.142. The van der Waals surface area contributed by atoms with Gasteiger partial charge in [-0.2, -0.15) is 0 Å². The second-order valence-electron chi connectivity index (χ2n) is 7.31. The number of anilines is 1. The highest BCUT2D eigenvalue weighted by Crippen LogP contribution is 2.30. The first kappa shape index (κ1) is 24.5. The van der Waals surface area contributed by atoms with Crippen LogP contribution in [0, 0.1) is 13.8 Å². The van der Waals surface area contributed by atoms with Crippen LogP contribution in [0.15, 0.2) is 42.5 Å². The highest BCUT2D eigenvalue weighted by molar-refractivity contribution is 7.92. The number of hydrogen-bond donors (Lipinski definition) is 1. The van der Waals surface area contributed by atoms with E-state index in [-0.39, 0.29) is 18.9 Å². The zero-order valence-electron chi connectivity index (χ0n) is 18.7. The molecule has 2 aromatic rings. The first-order chi connectivity index (χ1) is 14.7. The molecule has 0 fully saturated rings. The number of carbonyl (C=O) groups is 1. The molecule has 0 bridgehead atoms. The molecule has 0 saturated carbocycles. The van der Waals surface area contributed by atoms with Crippen molar-refractivity contribution in [2.24, 2.45) is 0 Å². The van der Waals surface area contributed by atoms with E-state index < -0.39 is 10.0 Å². The molecular weight excluding hydrogens is 416 g/mol. The van der Waals surface area contributed by atoms with Gasteiger partial charge in [0, 0.05) is 13.0 Å². The number of sulfonamides is 1. The fourth-order valence-electron chi connectivity index (χ4n) is 3.09. The normalized spacial score (nSPS) is 11.1. The molecule has 0 aliphatic rings. The average molecular weight is 449 g/mol. The monoisotopic (exact) mass is 448 g/mol. The average Bonchev–Trinajstić information content (AvgIpc) is 2.71. The summed E-state index contributed by atoms with van der Waals surface area (Å²) in [6.45, 7) is 7.19. The lowest BCUT2D eigenvalue weighted by Crippen LogP contribution is -2.33. The number of ether oxygens (including phenoxy) is 2. The number of nitrogens with one attached hydrogen (secondary N) is 1. The number of carbonyl (C=O) groups excluding carboxylic acids is 1. The van der Waals surface area contributed by atoms with Crippen molar-refractivity contribution in [3.05, 3.63) is 53.6 Å². The van der Waals surface area contributed by atoms with Gasteiger partial charge in [0.25, 0.3) is 0 Å². The van der Waals surface area contributed by atoms with Gasteiger partial charge in [-0.1, -0.05) is 24.3 Å². The van der Waals surface area contributed by atoms with Gasteiger partial charge in [-0.05, 0) is 56.5 Å². The van der Waals surface area contributed by atoms with Gasteiger partial charge in [0.05, 0.1) is 25.1 Å². The largest absolute Gasteiger partial charge is 0.492 e. The fourth-order valence-corrected chi connectivity index (χ4v) is 4.06. The summed E-state index contributed by atoms with van der Waals surface area (Å²) in [6.07, 6.45) is 1.75. The topological polar surface area (TPSA) is 84.9 Å². The maximum atomic E-state index is 12.3. The van der Waals surface area contributed by atoms with Crippen LogP contribution in [0.25, 0.3) is 0 Å². The molecule has 0 saturated heterocycles. The van der Waals surface area contributed by atoms with E-state index in [9.17, 15) is 13.2 Å². The Balaban J connectivity index is 1.83. The summed E-state index contributed by atoms with van der Waals surface area (Å²) in [4.78, 5) is 12.2. The molecule has 0 radical (unpaired) electrons. The molecule has 1 amide bonds. The highest BCUT2D eigenvalue weighted by atomic mass is 32.2. The van der Waals surface area contributed by atoms with Crippen molar-refractivity contribution >= 4 is 21.6 Å². The standard InChI is InChI=1S/C23H32N2O5S/c1-5-29-21-10-7-6-9-20(21)25(31(4,27)28)15-8-11-23(26)24-14-16-30-22-17-18(2)12-13-19(22)3/h6-7,9-10,12-13,17H,5,8,11,14-16H2,1-4H3,(H,24,26). The second kappa shape index (κ2) is 11.6. The summed E-state index contributed by atoms with van der Waals surface area (Å²) in [5.41, 5.74) is 2.64. The fraction of sp³-hybridized carbons (Fsp3) is 0.435. The summed E-state index contributed by atoms with van der Waals surface area (Å²) in [6, 6.07) is 13.0. The number of benzene rings is 2. The van der Waals surface area contributed by atoms with Crippen LogP contribution in [0.4, 0.5) is 5.69 Å². The molecular formula is C23H32N2O5S. The van der Waals surface area contributed by atoms with Crippen molar-refractivity contribution in [2.75, 3.05) is 36.9 Å². The predicted molar refractivity (Wildman–Crippen MR) is 123 cm³/mol. The van der Waals surface area contributed by atoms with E-state index in [1.54, 1.807) is 24.3 Å². The number of nitrogens with zero attached hydrogens (tertiary/aromatic N) is 1. The van der Waals surface area contributed by atoms with Crippen molar-refractivity contribution in [1.82, 2.24) is 5.32 Å². The lowest BCUT2D eigenvalue weighted by molar-refractivity contribution is -0.121. The summed E-state index contributed by atoms with van der Waals surface area (Å²) in [5, 5.41) is 2.81. The summed E-state index contributed by atoms with van der Waals surface area (Å²) in [5.74, 6) is 1.17. The first-order valence-corrected chi connectivity index (χ1v) is 12.2. The van der Waals surface area contributed by atoms with Gasteiger partial charge in [0.2, 0.25) is 15.9 Å². The lowest BCUT2D eigenvalue weighted by Gasteiger charge is -2.24. The molecule has 31 heavy (non-hydrogen) atoms. The Morgan fingerprint density at radius 1 is 1.06 bits per heavy atom. The second-order valence-corrected chi connectivity index (χ2v) is 9.21. The zero-order chi connectivity index (χ0) is 22.9. The molecule has 0 spiro atoms. The summed E-state index contributed by atoms with van der Waals surface area (Å²) < 4.78 is 37.2. The SMILES string of the molecule is CCOc1ccccc1N(CCCC(=O)NCCOc1cc(C)ccc1C)S(C)(=O)=O. The Kier molecular flexibility index (Phi) is 9.18. The number of para-hydroxylation sites is 2. The minimum Gasteiger partial charge on any atom is -0.492 e. The van der Waals surface area contributed by atoms with E-state index in [1.165, 1.54) is 4.31 Å². The Morgan fingerprint density at radius 2 is 1.81 bits per heavy atom. The van der Waals surface area contributed by atoms with Gasteiger partial charge in [-0.3, -0.25) is 9.10 Å². The molecule has 0 aliphatic heterocycles. The van der Waals surface area contributed by atoms with Crippen molar-refractivity contribution in [3.8, 4) is 11.5 Å². The van der Waals surface area contributed by atoms with E-state index in [1.807, 2.05) is 39.0 Å². The van der Waals surface area contributed by atoms with Crippen molar-refractivity contribution in [1.29, 1.82) is 0 Å². The van der Waals surface area contributed by atoms with Crippen molar-refractivity contribution in [3.63, 3.8) is 0 Å². The van der Waals surface area contributed by atoms with Crippen LogP contribution >= 0.6 is 0 Å². The quantitative estimate of drug-likeness (QED) is 0.503. The number of hydrogen-bond acceptors (Lipinski definition) is 5. The first-order valence-electron chi connectivity index (χ1n) is 10.4. The molecule has 0 atom stereocenters. The third-order valence-electron chi connectivity index (χ3n) is 4.62. The van der Waals surface area contributed by atoms with Crippen molar-refractivity contribution in [2.45, 2.75) is 33.6 Å². The van der Waals surface area contributed by atoms with Crippen LogP contribution in [0.3, 0.4) is 0 Å². The summed E-state index contributed by atoms with van der Waals surface area (Å²) in [7, 11) is -3.51. The molecule has 170 valence electrons. The lowest BCUT2D eigenvalue weighted by atomic mass is 10.1. The molecule has 0 unspecified atom stereocenters. The molecule has 7 nitrogen and oxygen atoms in total. The molecule has 0 aliphatic carbocycles. The smallest absolute Gasteiger partial charge is 0.232 e. The molecule has 8 heteroatoms. The van der Waals surface area contributed by atoms with E-state index in [0.29, 0.717) is 37.6 Å². The van der Waals surface area contributed by atoms with Crippen LogP contribution in [-0.4, -0.2) is 46.9 Å². The van der Waals surface area contributed by atoms with Gasteiger partial charge in [0.1, 0.15) is 18.1 Å².